The average Bonchev–Trinajstić information content (AvgIpc) is 2.83. The number of hydrogen-bond acceptors (Lipinski definition) is 2. The van der Waals surface area contributed by atoms with Gasteiger partial charge >= 0.3 is 0 Å². The van der Waals surface area contributed by atoms with Crippen molar-refractivity contribution in [2.75, 3.05) is 0 Å². The van der Waals surface area contributed by atoms with Gasteiger partial charge in [0.25, 0.3) is 0 Å². The molecule has 0 saturated carbocycles. The van der Waals surface area contributed by atoms with Gasteiger partial charge in [0.1, 0.15) is 0 Å². The number of fused-ring (bicyclic) bond motifs is 5. The molecule has 0 amide bonds. The van der Waals surface area contributed by atoms with E-state index in [9.17, 15) is 0 Å². The zero-order chi connectivity index (χ0) is 12.3. The van der Waals surface area contributed by atoms with Crippen molar-refractivity contribution in [1.82, 2.24) is 0 Å². The van der Waals surface area contributed by atoms with Gasteiger partial charge in [0, 0.05) is 20.2 Å². The first kappa shape index (κ1) is 10.5. The smallest absolute Gasteiger partial charge is 0.0542 e. The van der Waals surface area contributed by atoms with Crippen LogP contribution in [0.3, 0.4) is 0 Å². The van der Waals surface area contributed by atoms with E-state index in [2.05, 4.69) is 50.2 Å². The van der Waals surface area contributed by atoms with Gasteiger partial charge in [-0.05, 0) is 37.1 Å². The second-order valence-electron chi connectivity index (χ2n) is 4.86. The zero-order valence-electron chi connectivity index (χ0n) is 10.3. The molecule has 2 heterocycles. The van der Waals surface area contributed by atoms with E-state index in [1.165, 1.54) is 40.7 Å². The van der Waals surface area contributed by atoms with E-state index in [0.717, 1.165) is 0 Å². The van der Waals surface area contributed by atoms with Gasteiger partial charge in [0.2, 0.25) is 0 Å². The topological polar surface area (TPSA) is 0 Å². The largest absolute Gasteiger partial charge is 0.134 e. The van der Waals surface area contributed by atoms with Gasteiger partial charge in [-0.25, -0.2) is 0 Å². The van der Waals surface area contributed by atoms with Gasteiger partial charge in [-0.3, -0.25) is 0 Å². The van der Waals surface area contributed by atoms with Gasteiger partial charge < -0.3 is 0 Å². The molecule has 4 rings (SSSR count). The number of benzene rings is 2. The monoisotopic (exact) mass is 268 g/mol. The maximum absolute atomic E-state index is 2.30. The maximum atomic E-state index is 2.30. The Labute approximate surface area is 113 Å². The van der Waals surface area contributed by atoms with Crippen LogP contribution < -0.4 is 0 Å². The summed E-state index contributed by atoms with van der Waals surface area (Å²) in [7, 11) is 0. The van der Waals surface area contributed by atoms with Crippen LogP contribution in [0.4, 0.5) is 0 Å². The van der Waals surface area contributed by atoms with Crippen molar-refractivity contribution in [1.29, 1.82) is 0 Å². The SMILES string of the molecule is Cc1ccc2c(c1)sc1c3ccc(C)cc3sc21. The quantitative estimate of drug-likeness (QED) is 0.373. The fourth-order valence-corrected chi connectivity index (χ4v) is 5.32. The van der Waals surface area contributed by atoms with E-state index in [1.54, 1.807) is 0 Å². The molecule has 0 atom stereocenters. The lowest BCUT2D eigenvalue weighted by Crippen LogP contribution is -1.68. The van der Waals surface area contributed by atoms with Crippen molar-refractivity contribution in [3.63, 3.8) is 0 Å². The van der Waals surface area contributed by atoms with E-state index in [-0.39, 0.29) is 0 Å². The third-order valence-electron chi connectivity index (χ3n) is 3.39. The molecule has 0 aliphatic rings. The van der Waals surface area contributed by atoms with Crippen molar-refractivity contribution in [2.24, 2.45) is 0 Å². The van der Waals surface area contributed by atoms with Gasteiger partial charge in [-0.2, -0.15) is 0 Å². The standard InChI is InChI=1S/C16H12S2/c1-9-3-5-11-13(7-9)17-16-12-6-4-10(2)8-14(12)18-15(11)16/h3-8H,1-2H3. The molecule has 2 heteroatoms. The van der Waals surface area contributed by atoms with E-state index in [4.69, 9.17) is 0 Å². The molecule has 0 N–H and O–H groups in total. The summed E-state index contributed by atoms with van der Waals surface area (Å²) in [5.74, 6) is 0. The summed E-state index contributed by atoms with van der Waals surface area (Å²) >= 11 is 3.86. The Morgan fingerprint density at radius 3 is 1.56 bits per heavy atom. The highest BCUT2D eigenvalue weighted by Crippen LogP contribution is 2.44. The van der Waals surface area contributed by atoms with Crippen LogP contribution in [0.25, 0.3) is 29.6 Å². The predicted molar refractivity (Wildman–Crippen MR) is 84.2 cm³/mol. The normalized spacial score (nSPS) is 11.9. The second kappa shape index (κ2) is 3.56. The summed E-state index contributed by atoms with van der Waals surface area (Å²) < 4.78 is 5.74. The summed E-state index contributed by atoms with van der Waals surface area (Å²) in [5.41, 5.74) is 2.69. The highest BCUT2D eigenvalue weighted by molar-refractivity contribution is 7.36. The molecule has 0 unspecified atom stereocenters. The van der Waals surface area contributed by atoms with Crippen LogP contribution in [0, 0.1) is 13.8 Å². The summed E-state index contributed by atoms with van der Waals surface area (Å²) in [6, 6.07) is 13.6. The fraction of sp³-hybridized carbons (Fsp3) is 0.125. The van der Waals surface area contributed by atoms with Crippen LogP contribution in [0.15, 0.2) is 36.4 Å². The Morgan fingerprint density at radius 1 is 0.667 bits per heavy atom. The number of rotatable bonds is 0. The molecule has 0 bridgehead atoms. The van der Waals surface area contributed by atoms with Crippen molar-refractivity contribution < 1.29 is 0 Å². The second-order valence-corrected chi connectivity index (χ2v) is 6.97. The molecule has 0 fully saturated rings. The van der Waals surface area contributed by atoms with Gasteiger partial charge in [-0.15, -0.1) is 22.7 Å². The van der Waals surface area contributed by atoms with Crippen molar-refractivity contribution in [2.45, 2.75) is 13.8 Å². The number of thiophene rings is 2. The predicted octanol–water partition coefficient (Wildman–Crippen LogP) is 5.89. The molecule has 2 aromatic carbocycles. The van der Waals surface area contributed by atoms with Crippen molar-refractivity contribution in [3.05, 3.63) is 47.5 Å². The molecule has 0 nitrogen and oxygen atoms in total. The number of hydrogen-bond donors (Lipinski definition) is 0. The lowest BCUT2D eigenvalue weighted by atomic mass is 10.1. The number of aryl methyl sites for hydroxylation is 2. The minimum atomic E-state index is 1.34. The first-order valence-corrected chi connectivity index (χ1v) is 7.68. The van der Waals surface area contributed by atoms with E-state index in [0.29, 0.717) is 0 Å². The molecule has 0 saturated heterocycles. The van der Waals surface area contributed by atoms with E-state index in [1.807, 2.05) is 22.7 Å². The average molecular weight is 268 g/mol. The molecule has 0 aliphatic carbocycles. The third kappa shape index (κ3) is 1.36. The van der Waals surface area contributed by atoms with Crippen LogP contribution in [0.1, 0.15) is 11.1 Å². The van der Waals surface area contributed by atoms with Crippen LogP contribution in [0.5, 0.6) is 0 Å². The van der Waals surface area contributed by atoms with Crippen LogP contribution in [-0.2, 0) is 0 Å². The van der Waals surface area contributed by atoms with Crippen molar-refractivity contribution in [3.8, 4) is 0 Å². The Hall–Kier alpha value is -1.38. The van der Waals surface area contributed by atoms with E-state index >= 15 is 0 Å². The Bertz CT molecular complexity index is 818. The summed E-state index contributed by atoms with van der Waals surface area (Å²) in [6.45, 7) is 4.32. The fourth-order valence-electron chi connectivity index (χ4n) is 2.47. The van der Waals surface area contributed by atoms with E-state index < -0.39 is 0 Å². The molecular weight excluding hydrogens is 256 g/mol. The molecule has 0 radical (unpaired) electrons. The summed E-state index contributed by atoms with van der Waals surface area (Å²) in [5, 5.41) is 2.83. The lowest BCUT2D eigenvalue weighted by Gasteiger charge is -1.93. The third-order valence-corrected chi connectivity index (χ3v) is 5.89. The van der Waals surface area contributed by atoms with Gasteiger partial charge in [0.15, 0.2) is 0 Å². The molecule has 18 heavy (non-hydrogen) atoms. The zero-order valence-corrected chi connectivity index (χ0v) is 11.9. The Morgan fingerprint density at radius 2 is 1.11 bits per heavy atom. The Balaban J connectivity index is 2.23. The van der Waals surface area contributed by atoms with Gasteiger partial charge in [-0.1, -0.05) is 24.3 Å². The minimum Gasteiger partial charge on any atom is -0.134 e. The van der Waals surface area contributed by atoms with Gasteiger partial charge in [0.05, 0.1) is 9.40 Å². The molecule has 2 aromatic heterocycles. The molecular formula is C16H12S2. The van der Waals surface area contributed by atoms with Crippen molar-refractivity contribution >= 4 is 52.2 Å². The first-order chi connectivity index (χ1) is 8.72. The summed E-state index contributed by atoms with van der Waals surface area (Å²) in [4.78, 5) is 0. The highest BCUT2D eigenvalue weighted by atomic mass is 32.1. The maximum Gasteiger partial charge on any atom is 0.0542 e. The Kier molecular flexibility index (Phi) is 2.08. The van der Waals surface area contributed by atoms with Crippen LogP contribution in [-0.4, -0.2) is 0 Å². The van der Waals surface area contributed by atoms with Crippen LogP contribution >= 0.6 is 22.7 Å². The molecule has 0 aliphatic heterocycles. The minimum absolute atomic E-state index is 1.34. The molecule has 88 valence electrons. The highest BCUT2D eigenvalue weighted by Gasteiger charge is 2.11. The lowest BCUT2D eigenvalue weighted by molar-refractivity contribution is 1.52. The first-order valence-electron chi connectivity index (χ1n) is 6.04. The summed E-state index contributed by atoms with van der Waals surface area (Å²) in [6.07, 6.45) is 0. The van der Waals surface area contributed by atoms with Crippen LogP contribution in [0.2, 0.25) is 0 Å². The molecule has 4 aromatic rings. The molecule has 0 spiro atoms.